The van der Waals surface area contributed by atoms with Crippen LogP contribution in [0.15, 0.2) is 164 Å². The van der Waals surface area contributed by atoms with Crippen LogP contribution in [-0.2, 0) is 86.4 Å². The standard InChI is InChI=1S/C19H29NO4.C17H25NO4.C12H17NO2.3C12H18O.C7H13BrO2/c1-4-13-20(14-7-5-6-8-18(21)23-2)15-16-9-11-17(12-10-16)19(22)24-3;1-2-11-18(12-5-3-4-6-16(19)20)13-14-7-9-15(10-8-14)17(21)22;1-3-8-13-9-10-4-6-11(7-5-10)12(14)15-2;3*1-13-11-7-3-6-10-12-8-4-2-5-9-12;1-10-7(9)5-3-2-4-6-8/h9-12H,4-8,13-15H2,1-3H3;7-10H,2-6,11-13H2,1H3,(H,19,20)(H,21,22);4-7,13H,3,8-9H2,1-2H3;3*2,4-5,8-9H,3,6-7,10-11H2,1H3;2-6H2,1H3. The number of aryl methyl sites for hydroxylation is 3. The summed E-state index contributed by atoms with van der Waals surface area (Å²) in [6.07, 6.45) is 28.1. The summed E-state index contributed by atoms with van der Waals surface area (Å²) in [6, 6.07) is 54.0. The highest BCUT2D eigenvalue weighted by atomic mass is 79.9. The van der Waals surface area contributed by atoms with Crippen molar-refractivity contribution in [2.24, 2.45) is 0 Å². The first-order chi connectivity index (χ1) is 53.5. The van der Waals surface area contributed by atoms with E-state index in [1.807, 2.05) is 48.5 Å². The molecule has 614 valence electrons. The number of ether oxygens (including phenoxy) is 7. The van der Waals surface area contributed by atoms with Crippen LogP contribution < -0.4 is 5.32 Å². The summed E-state index contributed by atoms with van der Waals surface area (Å²) in [5.74, 6) is -2.47. The Morgan fingerprint density at radius 2 is 0.682 bits per heavy atom. The molecular weight excluding hydrogens is 1450 g/mol. The van der Waals surface area contributed by atoms with Crippen molar-refractivity contribution in [2.75, 3.05) is 108 Å². The number of unbranched alkanes of at least 4 members (excludes halogenated alkanes) is 12. The number of carboxylic acids is 2. The van der Waals surface area contributed by atoms with Crippen molar-refractivity contribution in [3.05, 3.63) is 214 Å². The molecule has 6 aromatic carbocycles. The number of carbonyl (C=O) groups is 6. The molecule has 0 fully saturated rings. The van der Waals surface area contributed by atoms with Crippen LogP contribution in [0.1, 0.15) is 239 Å². The molecule has 0 aliphatic rings. The van der Waals surface area contributed by atoms with Gasteiger partial charge in [0, 0.05) is 85.4 Å². The summed E-state index contributed by atoms with van der Waals surface area (Å²) in [7, 11) is 10.9. The molecule has 0 spiro atoms. The number of aliphatic carboxylic acids is 1. The fraction of sp³-hybridized carbons (Fsp3) is 0.538. The molecule has 0 aliphatic carbocycles. The Hall–Kier alpha value is -7.62. The molecule has 18 nitrogen and oxygen atoms in total. The van der Waals surface area contributed by atoms with E-state index in [0.29, 0.717) is 29.5 Å². The zero-order chi connectivity index (χ0) is 81.1. The number of nitrogens with one attached hydrogen (secondary N) is 1. The molecule has 0 atom stereocenters. The number of nitrogens with zero attached hydrogens (tertiary/aromatic N) is 2. The second-order valence-electron chi connectivity index (χ2n) is 26.6. The van der Waals surface area contributed by atoms with Gasteiger partial charge in [0.25, 0.3) is 0 Å². The van der Waals surface area contributed by atoms with E-state index < -0.39 is 11.9 Å². The van der Waals surface area contributed by atoms with Gasteiger partial charge in [-0.3, -0.25) is 24.2 Å². The van der Waals surface area contributed by atoms with Crippen LogP contribution in [-0.4, -0.2) is 163 Å². The number of alkyl halides is 1. The van der Waals surface area contributed by atoms with E-state index in [1.54, 1.807) is 45.6 Å². The predicted molar refractivity (Wildman–Crippen MR) is 451 cm³/mol. The van der Waals surface area contributed by atoms with Crippen LogP contribution in [0.3, 0.4) is 0 Å². The Kier molecular flexibility index (Phi) is 69.0. The lowest BCUT2D eigenvalue weighted by atomic mass is 10.1. The van der Waals surface area contributed by atoms with E-state index in [1.165, 1.54) is 133 Å². The monoisotopic (exact) mass is 1590 g/mol. The fourth-order valence-corrected chi connectivity index (χ4v) is 11.5. The number of carbonyl (C=O) groups excluding carboxylic acids is 4. The lowest BCUT2D eigenvalue weighted by Gasteiger charge is -2.21. The Morgan fingerprint density at radius 3 is 0.991 bits per heavy atom. The van der Waals surface area contributed by atoms with Gasteiger partial charge in [-0.25, -0.2) is 14.4 Å². The summed E-state index contributed by atoms with van der Waals surface area (Å²) in [5, 5.41) is 21.8. The maximum atomic E-state index is 11.5. The molecule has 0 heterocycles. The number of esters is 4. The Bertz CT molecular complexity index is 3010. The first-order valence-electron chi connectivity index (χ1n) is 39.8. The number of hydrogen-bond donors (Lipinski definition) is 3. The topological polar surface area (TPSA) is 226 Å². The fourth-order valence-electron chi connectivity index (χ4n) is 11.1. The molecule has 6 aromatic rings. The number of carboxylic acid groups (broad SMARTS) is 2. The summed E-state index contributed by atoms with van der Waals surface area (Å²) in [4.78, 5) is 70.3. The lowest BCUT2D eigenvalue weighted by Crippen LogP contribution is -2.25. The molecule has 110 heavy (non-hydrogen) atoms. The Balaban J connectivity index is 0.00000129. The van der Waals surface area contributed by atoms with E-state index in [-0.39, 0.29) is 30.3 Å². The molecule has 6 rings (SSSR count). The highest BCUT2D eigenvalue weighted by Crippen LogP contribution is 2.15. The molecule has 0 saturated heterocycles. The van der Waals surface area contributed by atoms with Crippen molar-refractivity contribution >= 4 is 51.7 Å². The summed E-state index contributed by atoms with van der Waals surface area (Å²) in [5.41, 5.74) is 9.27. The first-order valence-corrected chi connectivity index (χ1v) is 41.0. The molecule has 3 N–H and O–H groups in total. The molecular formula is C91H138BrN3O15. The van der Waals surface area contributed by atoms with Crippen molar-refractivity contribution in [3.8, 4) is 0 Å². The van der Waals surface area contributed by atoms with Gasteiger partial charge < -0.3 is 48.7 Å². The van der Waals surface area contributed by atoms with Crippen molar-refractivity contribution < 1.29 is 72.1 Å². The minimum absolute atomic E-state index is 0.102. The van der Waals surface area contributed by atoms with Crippen molar-refractivity contribution in [3.63, 3.8) is 0 Å². The van der Waals surface area contributed by atoms with Gasteiger partial charge in [0.15, 0.2) is 0 Å². The van der Waals surface area contributed by atoms with Gasteiger partial charge in [-0.05, 0) is 218 Å². The van der Waals surface area contributed by atoms with Crippen LogP contribution in [0.5, 0.6) is 0 Å². The third-order valence-corrected chi connectivity index (χ3v) is 17.8. The van der Waals surface area contributed by atoms with Crippen LogP contribution in [0.25, 0.3) is 0 Å². The van der Waals surface area contributed by atoms with Crippen LogP contribution in [0.4, 0.5) is 0 Å². The highest BCUT2D eigenvalue weighted by Gasteiger charge is 2.11. The Morgan fingerprint density at radius 1 is 0.345 bits per heavy atom. The number of benzene rings is 6. The zero-order valence-electron chi connectivity index (χ0n) is 68.6. The van der Waals surface area contributed by atoms with Crippen molar-refractivity contribution in [1.29, 1.82) is 0 Å². The average Bonchev–Trinajstić information content (AvgIpc) is 0.804. The van der Waals surface area contributed by atoms with E-state index in [4.69, 9.17) is 29.2 Å². The van der Waals surface area contributed by atoms with Gasteiger partial charge in [-0.1, -0.05) is 203 Å². The van der Waals surface area contributed by atoms with Gasteiger partial charge in [-0.15, -0.1) is 0 Å². The molecule has 0 saturated carbocycles. The highest BCUT2D eigenvalue weighted by molar-refractivity contribution is 9.09. The Labute approximate surface area is 670 Å². The summed E-state index contributed by atoms with van der Waals surface area (Å²) >= 11 is 3.32. The van der Waals surface area contributed by atoms with Crippen molar-refractivity contribution in [1.82, 2.24) is 15.1 Å². The van der Waals surface area contributed by atoms with Gasteiger partial charge >= 0.3 is 35.8 Å². The molecule has 0 unspecified atom stereocenters. The number of halogens is 1. The largest absolute Gasteiger partial charge is 0.481 e. The van der Waals surface area contributed by atoms with E-state index in [9.17, 15) is 28.8 Å². The first kappa shape index (κ1) is 102. The number of hydrogen-bond acceptors (Lipinski definition) is 16. The number of methoxy groups -OCH3 is 7. The maximum Gasteiger partial charge on any atom is 0.337 e. The van der Waals surface area contributed by atoms with E-state index in [2.05, 4.69) is 157 Å². The molecule has 19 heteroatoms. The number of rotatable bonds is 50. The molecule has 0 aromatic heterocycles. The smallest absolute Gasteiger partial charge is 0.337 e. The minimum Gasteiger partial charge on any atom is -0.481 e. The third-order valence-electron chi connectivity index (χ3n) is 17.3. The number of aromatic carboxylic acids is 1. The SMILES string of the molecule is CCCN(CCCCCC(=O)O)Cc1ccc(C(=O)O)cc1.CCCN(CCCCCC(=O)OC)Cc1ccc(C(=O)OC)cc1.CCCNCc1ccc(C(=O)OC)cc1.COC(=O)CCCCCBr.COCCCCCc1ccccc1.COCCCCCc1ccccc1.COCCCCCc1ccccc1. The van der Waals surface area contributed by atoms with Gasteiger partial charge in [-0.2, -0.15) is 0 Å². The summed E-state index contributed by atoms with van der Waals surface area (Å²) < 4.78 is 33.4. The van der Waals surface area contributed by atoms with Crippen LogP contribution in [0.2, 0.25) is 0 Å². The second-order valence-corrected chi connectivity index (χ2v) is 27.4. The zero-order valence-corrected chi connectivity index (χ0v) is 70.2. The maximum absolute atomic E-state index is 11.5. The lowest BCUT2D eigenvalue weighted by molar-refractivity contribution is -0.141. The van der Waals surface area contributed by atoms with Gasteiger partial charge in [0.1, 0.15) is 0 Å². The molecule has 0 bridgehead atoms. The van der Waals surface area contributed by atoms with E-state index >= 15 is 0 Å². The van der Waals surface area contributed by atoms with Crippen molar-refractivity contribution in [2.45, 2.75) is 214 Å². The molecule has 0 amide bonds. The van der Waals surface area contributed by atoms with Gasteiger partial charge in [0.05, 0.1) is 45.1 Å². The predicted octanol–water partition coefficient (Wildman–Crippen LogP) is 19.9. The second kappa shape index (κ2) is 74.1. The average molecular weight is 1590 g/mol. The molecule has 0 radical (unpaired) electrons. The normalized spacial score (nSPS) is 10.3. The van der Waals surface area contributed by atoms with Gasteiger partial charge in [0.2, 0.25) is 0 Å². The van der Waals surface area contributed by atoms with E-state index in [0.717, 1.165) is 160 Å². The summed E-state index contributed by atoms with van der Waals surface area (Å²) in [6.45, 7) is 16.6. The minimum atomic E-state index is -0.907. The quantitative estimate of drug-likeness (QED) is 0.0140. The third kappa shape index (κ3) is 60.2. The molecule has 0 aliphatic heterocycles. The van der Waals surface area contributed by atoms with Crippen LogP contribution >= 0.6 is 15.9 Å². The van der Waals surface area contributed by atoms with Crippen LogP contribution in [0, 0.1) is 0 Å².